The molecular formula is C19H26N2O3. The fraction of sp³-hybridized carbons (Fsp3) is 0.632. The molecule has 0 spiro atoms. The van der Waals surface area contributed by atoms with Crippen LogP contribution in [0.3, 0.4) is 0 Å². The maximum absolute atomic E-state index is 13.2. The van der Waals surface area contributed by atoms with Crippen LogP contribution >= 0.6 is 0 Å². The summed E-state index contributed by atoms with van der Waals surface area (Å²) in [5.74, 6) is -1.11. The van der Waals surface area contributed by atoms with E-state index in [1.807, 2.05) is 0 Å². The Hall–Kier alpha value is -1.91. The van der Waals surface area contributed by atoms with Crippen molar-refractivity contribution in [3.8, 4) is 0 Å². The smallest absolute Gasteiger partial charge is 0.335 e. The summed E-state index contributed by atoms with van der Waals surface area (Å²) in [6, 6.07) is 3.42. The van der Waals surface area contributed by atoms with Gasteiger partial charge >= 0.3 is 5.97 Å². The van der Waals surface area contributed by atoms with Crippen LogP contribution in [-0.2, 0) is 0 Å². The predicted octanol–water partition coefficient (Wildman–Crippen LogP) is 3.89. The second kappa shape index (κ2) is 7.77. The summed E-state index contributed by atoms with van der Waals surface area (Å²) in [5, 5.41) is 9.17. The molecule has 2 aliphatic carbocycles. The van der Waals surface area contributed by atoms with Crippen molar-refractivity contribution in [3.63, 3.8) is 0 Å². The van der Waals surface area contributed by atoms with Crippen LogP contribution in [0.2, 0.25) is 0 Å². The number of carboxylic acids is 1. The van der Waals surface area contributed by atoms with Crippen molar-refractivity contribution >= 4 is 11.9 Å². The van der Waals surface area contributed by atoms with E-state index in [2.05, 4.69) is 9.88 Å². The van der Waals surface area contributed by atoms with Crippen molar-refractivity contribution in [3.05, 3.63) is 29.6 Å². The number of carbonyl (C=O) groups excluding carboxylic acids is 1. The monoisotopic (exact) mass is 330 g/mol. The SMILES string of the molecule is O=C(O)c1ccnc(C(=O)N(C2CCCCC2)C2CCCCC2)c1. The van der Waals surface area contributed by atoms with Crippen LogP contribution in [0.5, 0.6) is 0 Å². The van der Waals surface area contributed by atoms with Crippen molar-refractivity contribution < 1.29 is 14.7 Å². The number of hydrogen-bond acceptors (Lipinski definition) is 3. The molecule has 24 heavy (non-hydrogen) atoms. The molecule has 0 aromatic carbocycles. The lowest BCUT2D eigenvalue weighted by Gasteiger charge is -2.41. The van der Waals surface area contributed by atoms with E-state index in [1.54, 1.807) is 0 Å². The number of rotatable bonds is 4. The first-order valence-electron chi connectivity index (χ1n) is 9.19. The van der Waals surface area contributed by atoms with Gasteiger partial charge in [-0.3, -0.25) is 9.78 Å². The fourth-order valence-electron chi connectivity index (χ4n) is 4.16. The Kier molecular flexibility index (Phi) is 5.48. The standard InChI is InChI=1S/C19H26N2O3/c22-18(17-13-14(19(23)24)11-12-20-17)21(15-7-3-1-4-8-15)16-9-5-2-6-10-16/h11-13,15-16H,1-10H2,(H,23,24). The molecule has 1 aromatic rings. The quantitative estimate of drug-likeness (QED) is 0.909. The second-order valence-electron chi connectivity index (χ2n) is 7.03. The highest BCUT2D eigenvalue weighted by molar-refractivity contribution is 5.96. The van der Waals surface area contributed by atoms with Gasteiger partial charge in [0, 0.05) is 18.3 Å². The van der Waals surface area contributed by atoms with Gasteiger partial charge in [-0.2, -0.15) is 0 Å². The van der Waals surface area contributed by atoms with E-state index in [1.165, 1.54) is 56.9 Å². The molecule has 0 bridgehead atoms. The molecule has 1 amide bonds. The van der Waals surface area contributed by atoms with Crippen molar-refractivity contribution in [2.45, 2.75) is 76.3 Å². The van der Waals surface area contributed by atoms with E-state index in [9.17, 15) is 14.7 Å². The van der Waals surface area contributed by atoms with E-state index in [-0.39, 0.29) is 29.2 Å². The summed E-state index contributed by atoms with van der Waals surface area (Å²) in [5.41, 5.74) is 0.395. The van der Waals surface area contributed by atoms with Gasteiger partial charge in [-0.05, 0) is 37.8 Å². The van der Waals surface area contributed by atoms with Crippen LogP contribution in [-0.4, -0.2) is 39.0 Å². The summed E-state index contributed by atoms with van der Waals surface area (Å²) in [7, 11) is 0. The third kappa shape index (κ3) is 3.77. The van der Waals surface area contributed by atoms with Gasteiger partial charge in [-0.15, -0.1) is 0 Å². The molecular weight excluding hydrogens is 304 g/mol. The topological polar surface area (TPSA) is 70.5 Å². The van der Waals surface area contributed by atoms with Crippen molar-refractivity contribution in [2.75, 3.05) is 0 Å². The fourth-order valence-corrected chi connectivity index (χ4v) is 4.16. The molecule has 0 saturated heterocycles. The van der Waals surface area contributed by atoms with Gasteiger partial charge < -0.3 is 10.0 Å². The Morgan fingerprint density at radius 3 is 2.00 bits per heavy atom. The number of nitrogens with zero attached hydrogens (tertiary/aromatic N) is 2. The number of carbonyl (C=O) groups is 2. The Morgan fingerprint density at radius 2 is 1.50 bits per heavy atom. The normalized spacial score (nSPS) is 19.8. The van der Waals surface area contributed by atoms with Crippen molar-refractivity contribution in [1.29, 1.82) is 0 Å². The van der Waals surface area contributed by atoms with Gasteiger partial charge in [0.2, 0.25) is 0 Å². The van der Waals surface area contributed by atoms with Crippen LogP contribution in [0.4, 0.5) is 0 Å². The van der Waals surface area contributed by atoms with Crippen LogP contribution in [0, 0.1) is 0 Å². The van der Waals surface area contributed by atoms with E-state index < -0.39 is 5.97 Å². The molecule has 2 aliphatic rings. The molecule has 0 unspecified atom stereocenters. The Labute approximate surface area is 143 Å². The van der Waals surface area contributed by atoms with E-state index in [4.69, 9.17) is 0 Å². The summed E-state index contributed by atoms with van der Waals surface area (Å²) in [4.78, 5) is 30.6. The lowest BCUT2D eigenvalue weighted by atomic mass is 9.88. The molecule has 2 fully saturated rings. The average Bonchev–Trinajstić information content (AvgIpc) is 2.64. The minimum Gasteiger partial charge on any atom is -0.478 e. The Balaban J connectivity index is 1.87. The molecule has 5 heteroatoms. The van der Waals surface area contributed by atoms with Gasteiger partial charge in [0.05, 0.1) is 5.56 Å². The molecule has 2 saturated carbocycles. The zero-order valence-electron chi connectivity index (χ0n) is 14.1. The highest BCUT2D eigenvalue weighted by Gasteiger charge is 2.33. The molecule has 3 rings (SSSR count). The lowest BCUT2D eigenvalue weighted by molar-refractivity contribution is 0.0442. The predicted molar refractivity (Wildman–Crippen MR) is 91.1 cm³/mol. The highest BCUT2D eigenvalue weighted by Crippen LogP contribution is 2.31. The summed E-state index contributed by atoms with van der Waals surface area (Å²) < 4.78 is 0. The molecule has 0 radical (unpaired) electrons. The summed E-state index contributed by atoms with van der Waals surface area (Å²) in [6.45, 7) is 0. The van der Waals surface area contributed by atoms with Crippen molar-refractivity contribution in [1.82, 2.24) is 9.88 Å². The molecule has 1 heterocycles. The number of amides is 1. The average molecular weight is 330 g/mol. The van der Waals surface area contributed by atoms with Gasteiger partial charge in [0.1, 0.15) is 5.69 Å². The minimum absolute atomic E-state index is 0.0862. The minimum atomic E-state index is -1.02. The zero-order chi connectivity index (χ0) is 16.9. The largest absolute Gasteiger partial charge is 0.478 e. The molecule has 1 N–H and O–H groups in total. The van der Waals surface area contributed by atoms with Crippen molar-refractivity contribution in [2.24, 2.45) is 0 Å². The molecule has 0 aliphatic heterocycles. The zero-order valence-corrected chi connectivity index (χ0v) is 14.1. The lowest BCUT2D eigenvalue weighted by Crippen LogP contribution is -2.49. The van der Waals surface area contributed by atoms with Crippen LogP contribution in [0.1, 0.15) is 85.1 Å². The second-order valence-corrected chi connectivity index (χ2v) is 7.03. The van der Waals surface area contributed by atoms with E-state index >= 15 is 0 Å². The van der Waals surface area contributed by atoms with Gasteiger partial charge in [0.25, 0.3) is 5.91 Å². The van der Waals surface area contributed by atoms with Crippen LogP contribution in [0.25, 0.3) is 0 Å². The Morgan fingerprint density at radius 1 is 0.958 bits per heavy atom. The molecule has 130 valence electrons. The van der Waals surface area contributed by atoms with E-state index in [0.717, 1.165) is 25.7 Å². The summed E-state index contributed by atoms with van der Waals surface area (Å²) in [6.07, 6.45) is 12.8. The molecule has 5 nitrogen and oxygen atoms in total. The maximum atomic E-state index is 13.2. The van der Waals surface area contributed by atoms with Gasteiger partial charge in [-0.1, -0.05) is 38.5 Å². The third-order valence-corrected chi connectivity index (χ3v) is 5.40. The number of pyridine rings is 1. The Bertz CT molecular complexity index is 572. The van der Waals surface area contributed by atoms with E-state index in [0.29, 0.717) is 0 Å². The van der Waals surface area contributed by atoms with Gasteiger partial charge in [-0.25, -0.2) is 4.79 Å². The molecule has 0 atom stereocenters. The van der Waals surface area contributed by atoms with Gasteiger partial charge in [0.15, 0.2) is 0 Å². The number of aromatic carboxylic acids is 1. The van der Waals surface area contributed by atoms with Crippen LogP contribution in [0.15, 0.2) is 18.3 Å². The van der Waals surface area contributed by atoms with Crippen LogP contribution < -0.4 is 0 Å². The first-order valence-corrected chi connectivity index (χ1v) is 9.19. The summed E-state index contributed by atoms with van der Waals surface area (Å²) >= 11 is 0. The maximum Gasteiger partial charge on any atom is 0.335 e. The first-order chi connectivity index (χ1) is 11.7. The third-order valence-electron chi connectivity index (χ3n) is 5.40. The number of hydrogen-bond donors (Lipinski definition) is 1. The highest BCUT2D eigenvalue weighted by atomic mass is 16.4. The number of carboxylic acid groups (broad SMARTS) is 1. The molecule has 1 aromatic heterocycles. The number of aromatic nitrogens is 1. The first kappa shape index (κ1) is 16.9.